The number of benzene rings is 1. The van der Waals surface area contributed by atoms with Gasteiger partial charge in [0.25, 0.3) is 5.91 Å². The van der Waals surface area contributed by atoms with E-state index in [-0.39, 0.29) is 17.8 Å². The summed E-state index contributed by atoms with van der Waals surface area (Å²) in [6.07, 6.45) is 0.980. The van der Waals surface area contributed by atoms with E-state index in [0.717, 1.165) is 13.0 Å². The molecule has 1 aromatic rings. The molecule has 1 aromatic carbocycles. The smallest absolute Gasteiger partial charge is 0.254 e. The molecule has 0 aromatic heterocycles. The maximum atomic E-state index is 13.2. The van der Waals surface area contributed by atoms with Crippen LogP contribution >= 0.6 is 0 Å². The number of rotatable bonds is 2. The van der Waals surface area contributed by atoms with Crippen LogP contribution in [0.25, 0.3) is 0 Å². The molecule has 0 radical (unpaired) electrons. The Labute approximate surface area is 107 Å². The zero-order chi connectivity index (χ0) is 13.3. The van der Waals surface area contributed by atoms with Gasteiger partial charge in [0.1, 0.15) is 5.82 Å². The molecule has 3 nitrogen and oxygen atoms in total. The molecule has 2 rings (SSSR count). The van der Waals surface area contributed by atoms with Crippen molar-refractivity contribution in [2.24, 2.45) is 11.7 Å². The molecule has 1 aliphatic rings. The average molecular weight is 250 g/mol. The average Bonchev–Trinajstić information content (AvgIpc) is 2.73. The van der Waals surface area contributed by atoms with E-state index in [9.17, 15) is 9.18 Å². The van der Waals surface area contributed by atoms with Crippen molar-refractivity contribution in [3.63, 3.8) is 0 Å². The lowest BCUT2D eigenvalue weighted by Crippen LogP contribution is -2.42. The van der Waals surface area contributed by atoms with Gasteiger partial charge < -0.3 is 10.6 Å². The first-order chi connectivity index (χ1) is 8.54. The fourth-order valence-electron chi connectivity index (χ4n) is 2.56. The molecule has 2 atom stereocenters. The van der Waals surface area contributed by atoms with Crippen molar-refractivity contribution in [3.8, 4) is 0 Å². The molecule has 2 unspecified atom stereocenters. The molecular formula is C14H19FN2O. The van der Waals surface area contributed by atoms with Crippen LogP contribution in [0.3, 0.4) is 0 Å². The summed E-state index contributed by atoms with van der Waals surface area (Å²) in [5, 5.41) is 0. The van der Waals surface area contributed by atoms with Gasteiger partial charge in [-0.25, -0.2) is 4.39 Å². The third kappa shape index (κ3) is 2.25. The summed E-state index contributed by atoms with van der Waals surface area (Å²) in [7, 11) is 0. The van der Waals surface area contributed by atoms with Gasteiger partial charge in [0, 0.05) is 24.7 Å². The summed E-state index contributed by atoms with van der Waals surface area (Å²) in [5.41, 5.74) is 6.77. The van der Waals surface area contributed by atoms with E-state index in [2.05, 4.69) is 6.92 Å². The number of carbonyl (C=O) groups is 1. The minimum Gasteiger partial charge on any atom is -0.334 e. The van der Waals surface area contributed by atoms with Crippen molar-refractivity contribution in [2.45, 2.75) is 26.3 Å². The molecule has 1 aliphatic heterocycles. The predicted octanol–water partition coefficient (Wildman–Crippen LogP) is 1.94. The minimum absolute atomic E-state index is 0.0436. The zero-order valence-corrected chi connectivity index (χ0v) is 10.8. The first-order valence-corrected chi connectivity index (χ1v) is 6.31. The number of hydrogen-bond acceptors (Lipinski definition) is 2. The Morgan fingerprint density at radius 3 is 2.89 bits per heavy atom. The zero-order valence-electron chi connectivity index (χ0n) is 10.8. The molecule has 98 valence electrons. The Balaban J connectivity index is 2.23. The van der Waals surface area contributed by atoms with E-state index in [1.165, 1.54) is 6.07 Å². The van der Waals surface area contributed by atoms with Gasteiger partial charge in [-0.05, 0) is 43.0 Å². The standard InChI is InChI=1S/C14H19FN2O/c1-9-5-6-17(13(9)8-16)14(18)11-3-4-12(15)10(2)7-11/h3-4,7,9,13H,5-6,8,16H2,1-2H3. The molecule has 0 saturated carbocycles. The van der Waals surface area contributed by atoms with Crippen LogP contribution in [0.1, 0.15) is 29.3 Å². The van der Waals surface area contributed by atoms with Gasteiger partial charge in [-0.2, -0.15) is 0 Å². The van der Waals surface area contributed by atoms with E-state index in [1.54, 1.807) is 19.1 Å². The van der Waals surface area contributed by atoms with E-state index in [0.29, 0.717) is 23.6 Å². The van der Waals surface area contributed by atoms with Crippen LogP contribution in [-0.2, 0) is 0 Å². The van der Waals surface area contributed by atoms with Gasteiger partial charge in [-0.15, -0.1) is 0 Å². The van der Waals surface area contributed by atoms with Crippen LogP contribution < -0.4 is 5.73 Å². The molecule has 1 fully saturated rings. The van der Waals surface area contributed by atoms with Gasteiger partial charge in [0.15, 0.2) is 0 Å². The molecule has 1 heterocycles. The Bertz CT molecular complexity index is 461. The summed E-state index contributed by atoms with van der Waals surface area (Å²) < 4.78 is 13.2. The highest BCUT2D eigenvalue weighted by Crippen LogP contribution is 2.25. The fraction of sp³-hybridized carbons (Fsp3) is 0.500. The van der Waals surface area contributed by atoms with Crippen LogP contribution in [0.4, 0.5) is 4.39 Å². The molecule has 1 saturated heterocycles. The number of halogens is 1. The van der Waals surface area contributed by atoms with Crippen molar-refractivity contribution < 1.29 is 9.18 Å². The molecule has 0 spiro atoms. The predicted molar refractivity (Wildman–Crippen MR) is 68.8 cm³/mol. The van der Waals surface area contributed by atoms with Gasteiger partial charge in [0.2, 0.25) is 0 Å². The Morgan fingerprint density at radius 2 is 2.28 bits per heavy atom. The molecule has 0 bridgehead atoms. The van der Waals surface area contributed by atoms with Crippen LogP contribution in [0, 0.1) is 18.7 Å². The topological polar surface area (TPSA) is 46.3 Å². The van der Waals surface area contributed by atoms with Gasteiger partial charge in [-0.3, -0.25) is 4.79 Å². The Hall–Kier alpha value is -1.42. The lowest BCUT2D eigenvalue weighted by molar-refractivity contribution is 0.0727. The number of amides is 1. The number of nitrogens with zero attached hydrogens (tertiary/aromatic N) is 1. The van der Waals surface area contributed by atoms with Crippen LogP contribution in [0.2, 0.25) is 0 Å². The summed E-state index contributed by atoms with van der Waals surface area (Å²) in [6, 6.07) is 4.59. The second-order valence-corrected chi connectivity index (χ2v) is 5.03. The van der Waals surface area contributed by atoms with Crippen molar-refractivity contribution in [3.05, 3.63) is 35.1 Å². The van der Waals surface area contributed by atoms with Crippen molar-refractivity contribution in [1.29, 1.82) is 0 Å². The van der Waals surface area contributed by atoms with Crippen molar-refractivity contribution in [2.75, 3.05) is 13.1 Å². The summed E-state index contributed by atoms with van der Waals surface area (Å²) in [4.78, 5) is 14.2. The Kier molecular flexibility index (Phi) is 3.66. The molecule has 0 aliphatic carbocycles. The SMILES string of the molecule is Cc1cc(C(=O)N2CCC(C)C2CN)ccc1F. The molecule has 4 heteroatoms. The number of hydrogen-bond donors (Lipinski definition) is 1. The molecule has 2 N–H and O–H groups in total. The third-order valence-electron chi connectivity index (χ3n) is 3.79. The maximum absolute atomic E-state index is 13.2. The summed E-state index contributed by atoms with van der Waals surface area (Å²) in [6.45, 7) is 4.99. The monoisotopic (exact) mass is 250 g/mol. The van der Waals surface area contributed by atoms with Crippen molar-refractivity contribution >= 4 is 5.91 Å². The van der Waals surface area contributed by atoms with Crippen LogP contribution in [0.15, 0.2) is 18.2 Å². The van der Waals surface area contributed by atoms with E-state index in [4.69, 9.17) is 5.73 Å². The van der Waals surface area contributed by atoms with E-state index >= 15 is 0 Å². The second-order valence-electron chi connectivity index (χ2n) is 5.03. The normalized spacial score (nSPS) is 23.4. The van der Waals surface area contributed by atoms with Gasteiger partial charge in [0.05, 0.1) is 0 Å². The van der Waals surface area contributed by atoms with Gasteiger partial charge in [-0.1, -0.05) is 6.92 Å². The number of nitrogens with two attached hydrogens (primary N) is 1. The molecular weight excluding hydrogens is 231 g/mol. The quantitative estimate of drug-likeness (QED) is 0.872. The highest BCUT2D eigenvalue weighted by Gasteiger charge is 2.33. The molecule has 18 heavy (non-hydrogen) atoms. The lowest BCUT2D eigenvalue weighted by atomic mass is 10.0. The van der Waals surface area contributed by atoms with E-state index < -0.39 is 0 Å². The highest BCUT2D eigenvalue weighted by molar-refractivity contribution is 5.94. The summed E-state index contributed by atoms with van der Waals surface area (Å²) >= 11 is 0. The first kappa shape index (κ1) is 13.0. The second kappa shape index (κ2) is 5.06. The fourth-order valence-corrected chi connectivity index (χ4v) is 2.56. The number of likely N-dealkylation sites (tertiary alicyclic amines) is 1. The van der Waals surface area contributed by atoms with Crippen LogP contribution in [-0.4, -0.2) is 29.9 Å². The van der Waals surface area contributed by atoms with Crippen LogP contribution in [0.5, 0.6) is 0 Å². The summed E-state index contributed by atoms with van der Waals surface area (Å²) in [5.74, 6) is 0.107. The lowest BCUT2D eigenvalue weighted by Gasteiger charge is -2.26. The number of aryl methyl sites for hydroxylation is 1. The highest BCUT2D eigenvalue weighted by atomic mass is 19.1. The first-order valence-electron chi connectivity index (χ1n) is 6.31. The minimum atomic E-state index is -0.281. The largest absolute Gasteiger partial charge is 0.334 e. The Morgan fingerprint density at radius 1 is 1.56 bits per heavy atom. The third-order valence-corrected chi connectivity index (χ3v) is 3.79. The maximum Gasteiger partial charge on any atom is 0.254 e. The van der Waals surface area contributed by atoms with E-state index in [1.807, 2.05) is 4.90 Å². The van der Waals surface area contributed by atoms with Crippen molar-refractivity contribution in [1.82, 2.24) is 4.90 Å². The molecule has 1 amide bonds. The number of carbonyl (C=O) groups excluding carboxylic acids is 1. The van der Waals surface area contributed by atoms with Gasteiger partial charge >= 0.3 is 0 Å².